The van der Waals surface area contributed by atoms with Crippen molar-refractivity contribution < 1.29 is 27.1 Å². The number of nitrogens with zero attached hydrogens (tertiary/aromatic N) is 2. The van der Waals surface area contributed by atoms with E-state index in [0.29, 0.717) is 12.2 Å². The van der Waals surface area contributed by atoms with E-state index in [0.717, 1.165) is 21.7 Å². The topological polar surface area (TPSA) is 96.0 Å². The molecule has 2 amide bonds. The second-order valence-corrected chi connectivity index (χ2v) is 12.0. The first-order chi connectivity index (χ1) is 19.5. The number of carbonyl (C=O) groups is 2. The highest BCUT2D eigenvalue weighted by molar-refractivity contribution is 7.92. The molecule has 0 aliphatic rings. The highest BCUT2D eigenvalue weighted by Crippen LogP contribution is 2.23. The van der Waals surface area contributed by atoms with E-state index in [1.54, 1.807) is 19.2 Å². The van der Waals surface area contributed by atoms with Crippen molar-refractivity contribution in [1.29, 1.82) is 0 Å². The van der Waals surface area contributed by atoms with Gasteiger partial charge in [-0.15, -0.1) is 0 Å². The molecule has 3 aromatic rings. The van der Waals surface area contributed by atoms with E-state index < -0.39 is 21.9 Å². The third kappa shape index (κ3) is 9.31. The Labute approximate surface area is 242 Å². The number of anilines is 1. The van der Waals surface area contributed by atoms with E-state index in [-0.39, 0.29) is 49.5 Å². The number of methoxy groups -OCH3 is 1. The Morgan fingerprint density at radius 2 is 1.61 bits per heavy atom. The summed E-state index contributed by atoms with van der Waals surface area (Å²) in [6.07, 6.45) is 1.37. The SMILES string of the molecule is COc1cccc(CN(C(=O)CCCN(c2ccccc2F)S(C)(=O)=O)[C@@H](Cc2ccccc2)C(=O)NC(C)C)c1. The molecule has 0 bridgehead atoms. The Bertz CT molecular complexity index is 1420. The van der Waals surface area contributed by atoms with Crippen molar-refractivity contribution in [3.8, 4) is 5.75 Å². The van der Waals surface area contributed by atoms with Gasteiger partial charge in [0.1, 0.15) is 17.6 Å². The lowest BCUT2D eigenvalue weighted by atomic mass is 10.0. The summed E-state index contributed by atoms with van der Waals surface area (Å²) in [5.41, 5.74) is 1.59. The average Bonchev–Trinajstić information content (AvgIpc) is 2.93. The molecule has 1 N–H and O–H groups in total. The van der Waals surface area contributed by atoms with Crippen LogP contribution in [0.25, 0.3) is 0 Å². The molecular formula is C31H38FN3O5S. The third-order valence-electron chi connectivity index (χ3n) is 6.46. The van der Waals surface area contributed by atoms with Crippen LogP contribution in [0.1, 0.15) is 37.8 Å². The third-order valence-corrected chi connectivity index (χ3v) is 7.64. The van der Waals surface area contributed by atoms with Gasteiger partial charge in [0.05, 0.1) is 19.1 Å². The predicted octanol–water partition coefficient (Wildman–Crippen LogP) is 4.55. The van der Waals surface area contributed by atoms with Crippen LogP contribution in [0.4, 0.5) is 10.1 Å². The fourth-order valence-corrected chi connectivity index (χ4v) is 5.50. The van der Waals surface area contributed by atoms with Gasteiger partial charge in [0.25, 0.3) is 0 Å². The standard InChI is InChI=1S/C31H38FN3O5S/c1-23(2)33-31(37)29(21-24-12-6-5-7-13-24)34(22-25-14-10-15-26(20-25)40-3)30(36)18-11-19-35(41(4,38)39)28-17-9-8-16-27(28)32/h5-10,12-17,20,23,29H,11,18-19,21-22H2,1-4H3,(H,33,37)/t29-/m0/s1. The molecule has 8 nitrogen and oxygen atoms in total. The molecule has 0 saturated carbocycles. The number of nitrogens with one attached hydrogen (secondary N) is 1. The van der Waals surface area contributed by atoms with E-state index in [9.17, 15) is 22.4 Å². The van der Waals surface area contributed by atoms with Crippen LogP contribution in [0, 0.1) is 5.82 Å². The maximum Gasteiger partial charge on any atom is 0.243 e. The fourth-order valence-electron chi connectivity index (χ4n) is 4.54. The maximum atomic E-state index is 14.5. The second kappa shape index (κ2) is 14.6. The van der Waals surface area contributed by atoms with Gasteiger partial charge in [-0.1, -0.05) is 54.6 Å². The molecule has 0 heterocycles. The quantitative estimate of drug-likeness (QED) is 0.301. The van der Waals surface area contributed by atoms with E-state index in [1.807, 2.05) is 62.4 Å². The zero-order chi connectivity index (χ0) is 30.0. The number of benzene rings is 3. The monoisotopic (exact) mass is 583 g/mol. The fraction of sp³-hybridized carbons (Fsp3) is 0.355. The number of sulfonamides is 1. The lowest BCUT2D eigenvalue weighted by Gasteiger charge is -2.32. The van der Waals surface area contributed by atoms with Gasteiger partial charge in [0, 0.05) is 32.0 Å². The maximum absolute atomic E-state index is 14.5. The molecule has 3 rings (SSSR count). The molecule has 0 unspecified atom stereocenters. The molecule has 0 radical (unpaired) electrons. The minimum atomic E-state index is -3.81. The van der Waals surface area contributed by atoms with E-state index in [2.05, 4.69) is 5.32 Å². The number of hydrogen-bond donors (Lipinski definition) is 1. The molecule has 0 fully saturated rings. The van der Waals surface area contributed by atoms with Crippen molar-refractivity contribution in [2.75, 3.05) is 24.2 Å². The first-order valence-corrected chi connectivity index (χ1v) is 15.3. The summed E-state index contributed by atoms with van der Waals surface area (Å²) in [5, 5.41) is 2.94. The Balaban J connectivity index is 1.90. The normalized spacial score (nSPS) is 12.0. The minimum absolute atomic E-state index is 0.0509. The summed E-state index contributed by atoms with van der Waals surface area (Å²) in [4.78, 5) is 28.9. The van der Waals surface area contributed by atoms with Crippen LogP contribution < -0.4 is 14.4 Å². The Kier molecular flexibility index (Phi) is 11.3. The first kappa shape index (κ1) is 31.6. The molecule has 41 heavy (non-hydrogen) atoms. The van der Waals surface area contributed by atoms with E-state index >= 15 is 0 Å². The zero-order valence-electron chi connectivity index (χ0n) is 23.9. The van der Waals surface area contributed by atoms with Crippen molar-refractivity contribution >= 4 is 27.5 Å². The minimum Gasteiger partial charge on any atom is -0.497 e. The molecule has 0 spiro atoms. The van der Waals surface area contributed by atoms with Gasteiger partial charge >= 0.3 is 0 Å². The number of rotatable bonds is 14. The Hall–Kier alpha value is -3.92. The number of carbonyl (C=O) groups excluding carboxylic acids is 2. The van der Waals surface area contributed by atoms with Gasteiger partial charge in [-0.05, 0) is 55.7 Å². The van der Waals surface area contributed by atoms with Crippen LogP contribution in [-0.2, 0) is 32.6 Å². The summed E-state index contributed by atoms with van der Waals surface area (Å²) in [6.45, 7) is 3.75. The summed E-state index contributed by atoms with van der Waals surface area (Å²) in [5.74, 6) is -0.661. The molecule has 0 aliphatic carbocycles. The van der Waals surface area contributed by atoms with E-state index in [1.165, 1.54) is 23.1 Å². The number of para-hydroxylation sites is 1. The Morgan fingerprint density at radius 1 is 0.951 bits per heavy atom. The summed E-state index contributed by atoms with van der Waals surface area (Å²) < 4.78 is 45.8. The molecule has 0 saturated heterocycles. The van der Waals surface area contributed by atoms with Gasteiger partial charge in [-0.2, -0.15) is 0 Å². The van der Waals surface area contributed by atoms with Crippen molar-refractivity contribution in [2.45, 2.75) is 51.7 Å². The van der Waals surface area contributed by atoms with Gasteiger partial charge in [0.2, 0.25) is 21.8 Å². The Morgan fingerprint density at radius 3 is 2.24 bits per heavy atom. The van der Waals surface area contributed by atoms with Crippen molar-refractivity contribution in [1.82, 2.24) is 10.2 Å². The van der Waals surface area contributed by atoms with Crippen LogP contribution in [0.5, 0.6) is 5.75 Å². The van der Waals surface area contributed by atoms with Crippen molar-refractivity contribution in [2.24, 2.45) is 0 Å². The van der Waals surface area contributed by atoms with Gasteiger partial charge in [-0.3, -0.25) is 13.9 Å². The van der Waals surface area contributed by atoms with Gasteiger partial charge in [0.15, 0.2) is 0 Å². The highest BCUT2D eigenvalue weighted by atomic mass is 32.2. The lowest BCUT2D eigenvalue weighted by molar-refractivity contribution is -0.141. The summed E-state index contributed by atoms with van der Waals surface area (Å²) in [7, 11) is -2.25. The molecule has 3 aromatic carbocycles. The molecule has 0 aliphatic heterocycles. The second-order valence-electron chi connectivity index (χ2n) is 10.1. The van der Waals surface area contributed by atoms with Gasteiger partial charge in [-0.25, -0.2) is 12.8 Å². The predicted molar refractivity (Wildman–Crippen MR) is 159 cm³/mol. The largest absolute Gasteiger partial charge is 0.497 e. The molecule has 10 heteroatoms. The molecule has 220 valence electrons. The van der Waals surface area contributed by atoms with Crippen LogP contribution in [0.15, 0.2) is 78.9 Å². The average molecular weight is 584 g/mol. The summed E-state index contributed by atoms with van der Waals surface area (Å²) >= 11 is 0. The number of halogens is 1. The molecule has 1 atom stereocenters. The van der Waals surface area contributed by atoms with Gasteiger partial charge < -0.3 is 15.0 Å². The number of ether oxygens (including phenoxy) is 1. The number of hydrogen-bond acceptors (Lipinski definition) is 5. The number of amides is 2. The lowest BCUT2D eigenvalue weighted by Crippen LogP contribution is -2.51. The van der Waals surface area contributed by atoms with Crippen molar-refractivity contribution in [3.05, 3.63) is 95.8 Å². The molecular weight excluding hydrogens is 545 g/mol. The zero-order valence-corrected chi connectivity index (χ0v) is 24.7. The summed E-state index contributed by atoms with van der Waals surface area (Å²) in [6, 6.07) is 21.4. The van der Waals surface area contributed by atoms with Crippen LogP contribution in [0.3, 0.4) is 0 Å². The highest BCUT2D eigenvalue weighted by Gasteiger charge is 2.31. The van der Waals surface area contributed by atoms with Crippen LogP contribution in [-0.4, -0.2) is 57.1 Å². The van der Waals surface area contributed by atoms with Crippen LogP contribution in [0.2, 0.25) is 0 Å². The first-order valence-electron chi connectivity index (χ1n) is 13.5. The van der Waals surface area contributed by atoms with Crippen molar-refractivity contribution in [3.63, 3.8) is 0 Å². The smallest absolute Gasteiger partial charge is 0.243 e. The van der Waals surface area contributed by atoms with Crippen LogP contribution >= 0.6 is 0 Å². The van der Waals surface area contributed by atoms with E-state index in [4.69, 9.17) is 4.74 Å². The molecule has 0 aromatic heterocycles.